The molecule has 1 unspecified atom stereocenters. The van der Waals surface area contributed by atoms with Crippen molar-refractivity contribution in [2.45, 2.75) is 57.5 Å². The number of carbonyl (C=O) groups excluding carboxylic acids is 1. The number of aromatic nitrogens is 1. The maximum absolute atomic E-state index is 14.9. The smallest absolute Gasteiger partial charge is 0.422 e. The molecule has 256 valence electrons. The van der Waals surface area contributed by atoms with Gasteiger partial charge in [0.1, 0.15) is 6.10 Å². The molecule has 10 nitrogen and oxygen atoms in total. The molecule has 1 fully saturated rings. The first-order chi connectivity index (χ1) is 22.8. The number of aliphatic hydroxyl groups is 1. The summed E-state index contributed by atoms with van der Waals surface area (Å²) in [5.74, 6) is 0.510. The summed E-state index contributed by atoms with van der Waals surface area (Å²) in [6.45, 7) is 3.79. The minimum atomic E-state index is -5.05. The van der Waals surface area contributed by atoms with E-state index in [1.165, 1.54) is 30.0 Å². The number of aryl methyl sites for hydroxylation is 1. The molecule has 1 saturated heterocycles. The zero-order valence-corrected chi connectivity index (χ0v) is 27.0. The number of alkyl halides is 3. The van der Waals surface area contributed by atoms with Gasteiger partial charge in [-0.15, -0.1) is 0 Å². The number of fused-ring (bicyclic) bond motifs is 1. The van der Waals surface area contributed by atoms with Gasteiger partial charge in [0, 0.05) is 55.5 Å². The van der Waals surface area contributed by atoms with E-state index in [-0.39, 0.29) is 66.9 Å². The summed E-state index contributed by atoms with van der Waals surface area (Å²) >= 11 is 0. The number of rotatable bonds is 12. The number of methoxy groups -OCH3 is 1. The maximum atomic E-state index is 14.9. The standard InChI is InChI=1S/C35H38F3N3O7/c1-4-47-33(42)18-25-9-12-31(32(17-25)46-3)48-27-13-15-39(16-14-27)22-34(43,35(36,37)38)29-21-40(20-24-7-5-23(2)6-8-24)30-19-26(41(44)45)10-11-28(29)30/h5-12,17,19,21,27,43H,4,13-16,18,20,22H2,1-3H3. The maximum Gasteiger partial charge on any atom is 0.422 e. The summed E-state index contributed by atoms with van der Waals surface area (Å²) in [4.78, 5) is 24.4. The van der Waals surface area contributed by atoms with E-state index in [2.05, 4.69) is 0 Å². The van der Waals surface area contributed by atoms with Crippen LogP contribution in [0.5, 0.6) is 11.5 Å². The first-order valence-electron chi connectivity index (χ1n) is 15.6. The Labute approximate surface area is 275 Å². The first kappa shape index (κ1) is 34.7. The third kappa shape index (κ3) is 7.57. The number of non-ortho nitro benzene ring substituents is 1. The fourth-order valence-corrected chi connectivity index (χ4v) is 6.06. The van der Waals surface area contributed by atoms with Crippen LogP contribution in [-0.2, 0) is 28.1 Å². The molecule has 1 N–H and O–H groups in total. The lowest BCUT2D eigenvalue weighted by Gasteiger charge is -2.39. The van der Waals surface area contributed by atoms with Gasteiger partial charge in [-0.05, 0) is 56.0 Å². The van der Waals surface area contributed by atoms with Crippen molar-refractivity contribution in [2.75, 3.05) is 33.4 Å². The number of halogens is 3. The monoisotopic (exact) mass is 669 g/mol. The van der Waals surface area contributed by atoms with E-state index < -0.39 is 23.2 Å². The number of piperidine rings is 1. The molecule has 0 saturated carbocycles. The van der Waals surface area contributed by atoms with E-state index >= 15 is 0 Å². The summed E-state index contributed by atoms with van der Waals surface area (Å²) in [7, 11) is 1.48. The summed E-state index contributed by atoms with van der Waals surface area (Å²) in [5, 5.41) is 23.2. The molecule has 5 rings (SSSR count). The molecule has 1 aliphatic rings. The van der Waals surface area contributed by atoms with Gasteiger partial charge in [-0.2, -0.15) is 13.2 Å². The number of esters is 1. The minimum Gasteiger partial charge on any atom is -0.493 e. The highest BCUT2D eigenvalue weighted by Crippen LogP contribution is 2.44. The number of hydrogen-bond acceptors (Lipinski definition) is 8. The lowest BCUT2D eigenvalue weighted by atomic mass is 9.91. The van der Waals surface area contributed by atoms with E-state index in [0.29, 0.717) is 29.9 Å². The Kier molecular flexibility index (Phi) is 10.3. The number of β-amino-alcohol motifs (C(OH)–C–C–N with tert-alkyl or cyclic N) is 1. The van der Waals surface area contributed by atoms with Crippen LogP contribution in [0.25, 0.3) is 10.9 Å². The van der Waals surface area contributed by atoms with Crippen LogP contribution in [0.3, 0.4) is 0 Å². The summed E-state index contributed by atoms with van der Waals surface area (Å²) in [5.41, 5.74) is -1.18. The van der Waals surface area contributed by atoms with Gasteiger partial charge >= 0.3 is 12.1 Å². The Hall–Kier alpha value is -4.62. The molecule has 13 heteroatoms. The quantitative estimate of drug-likeness (QED) is 0.106. The molecule has 1 atom stereocenters. The van der Waals surface area contributed by atoms with Crippen LogP contribution < -0.4 is 9.47 Å². The van der Waals surface area contributed by atoms with Gasteiger partial charge in [0.2, 0.25) is 5.60 Å². The Morgan fingerprint density at radius 3 is 2.33 bits per heavy atom. The van der Waals surface area contributed by atoms with Gasteiger partial charge in [0.25, 0.3) is 5.69 Å². The van der Waals surface area contributed by atoms with Crippen LogP contribution >= 0.6 is 0 Å². The van der Waals surface area contributed by atoms with E-state index in [9.17, 15) is 33.2 Å². The number of nitrogens with zero attached hydrogens (tertiary/aromatic N) is 3. The molecule has 0 spiro atoms. The zero-order valence-electron chi connectivity index (χ0n) is 27.0. The van der Waals surface area contributed by atoms with Gasteiger partial charge in [0.15, 0.2) is 11.5 Å². The Balaban J connectivity index is 1.35. The average Bonchev–Trinajstić information content (AvgIpc) is 3.41. The summed E-state index contributed by atoms with van der Waals surface area (Å²) in [6.07, 6.45) is -3.25. The molecular weight excluding hydrogens is 631 g/mol. The van der Waals surface area contributed by atoms with Crippen LogP contribution in [0.15, 0.2) is 66.9 Å². The SMILES string of the molecule is CCOC(=O)Cc1ccc(OC2CCN(CC(O)(c3cn(Cc4ccc(C)cc4)c4cc([N+](=O)[O-])ccc34)C(F)(F)F)CC2)c(OC)c1. The molecule has 2 heterocycles. The molecule has 0 bridgehead atoms. The molecule has 0 aliphatic carbocycles. The number of nitro groups is 1. The fourth-order valence-electron chi connectivity index (χ4n) is 6.06. The molecular formula is C35H38F3N3O7. The second-order valence-corrected chi connectivity index (χ2v) is 12.0. The van der Waals surface area contributed by atoms with Crippen molar-refractivity contribution >= 4 is 22.6 Å². The average molecular weight is 670 g/mol. The lowest BCUT2D eigenvalue weighted by molar-refractivity contribution is -0.384. The van der Waals surface area contributed by atoms with Crippen molar-refractivity contribution in [3.05, 3.63) is 99.2 Å². The first-order valence-corrected chi connectivity index (χ1v) is 15.6. The number of nitro benzene ring substituents is 1. The van der Waals surface area contributed by atoms with Crippen molar-refractivity contribution < 1.29 is 42.2 Å². The van der Waals surface area contributed by atoms with Crippen molar-refractivity contribution in [1.82, 2.24) is 9.47 Å². The Morgan fingerprint density at radius 1 is 1.02 bits per heavy atom. The highest BCUT2D eigenvalue weighted by molar-refractivity contribution is 5.87. The number of carbonyl (C=O) groups is 1. The molecule has 1 aromatic heterocycles. The molecule has 4 aromatic rings. The van der Waals surface area contributed by atoms with Crippen molar-refractivity contribution in [2.24, 2.45) is 0 Å². The van der Waals surface area contributed by atoms with E-state index in [4.69, 9.17) is 14.2 Å². The van der Waals surface area contributed by atoms with Crippen molar-refractivity contribution in [1.29, 1.82) is 0 Å². The summed E-state index contributed by atoms with van der Waals surface area (Å²) < 4.78 is 62.8. The van der Waals surface area contributed by atoms with Gasteiger partial charge in [-0.3, -0.25) is 19.8 Å². The van der Waals surface area contributed by atoms with Crippen LogP contribution in [0, 0.1) is 17.0 Å². The third-order valence-corrected chi connectivity index (χ3v) is 8.63. The molecule has 0 radical (unpaired) electrons. The highest BCUT2D eigenvalue weighted by Gasteiger charge is 2.57. The summed E-state index contributed by atoms with van der Waals surface area (Å²) in [6, 6.07) is 16.2. The number of ether oxygens (including phenoxy) is 3. The van der Waals surface area contributed by atoms with Crippen molar-refractivity contribution in [3.63, 3.8) is 0 Å². The Morgan fingerprint density at radius 2 is 1.71 bits per heavy atom. The minimum absolute atomic E-state index is 0.0759. The molecule has 48 heavy (non-hydrogen) atoms. The number of likely N-dealkylation sites (tertiary alicyclic amines) is 1. The Bertz CT molecular complexity index is 1770. The largest absolute Gasteiger partial charge is 0.493 e. The fraction of sp³-hybridized carbons (Fsp3) is 0.400. The van der Waals surface area contributed by atoms with Gasteiger partial charge in [-0.25, -0.2) is 0 Å². The van der Waals surface area contributed by atoms with E-state index in [0.717, 1.165) is 17.2 Å². The van der Waals surface area contributed by atoms with E-state index in [1.54, 1.807) is 30.0 Å². The number of hydrogen-bond donors (Lipinski definition) is 1. The topological polar surface area (TPSA) is 116 Å². The van der Waals surface area contributed by atoms with E-state index in [1.807, 2.05) is 31.2 Å². The predicted octanol–water partition coefficient (Wildman–Crippen LogP) is 6.31. The van der Waals surface area contributed by atoms with Gasteiger partial charge < -0.3 is 23.9 Å². The van der Waals surface area contributed by atoms with Crippen molar-refractivity contribution in [3.8, 4) is 11.5 Å². The highest BCUT2D eigenvalue weighted by atomic mass is 19.4. The van der Waals surface area contributed by atoms with Crippen LogP contribution in [-0.4, -0.2) is 71.1 Å². The number of benzene rings is 3. The van der Waals surface area contributed by atoms with Gasteiger partial charge in [0.05, 0.1) is 30.6 Å². The second kappa shape index (κ2) is 14.2. The van der Waals surface area contributed by atoms with Crippen LogP contribution in [0.1, 0.15) is 42.0 Å². The lowest BCUT2D eigenvalue weighted by Crippen LogP contribution is -2.53. The zero-order chi connectivity index (χ0) is 34.6. The third-order valence-electron chi connectivity index (χ3n) is 8.63. The van der Waals surface area contributed by atoms with Gasteiger partial charge in [-0.1, -0.05) is 35.9 Å². The normalized spacial score (nSPS) is 15.6. The van der Waals surface area contributed by atoms with Crippen LogP contribution in [0.2, 0.25) is 0 Å². The predicted molar refractivity (Wildman–Crippen MR) is 172 cm³/mol. The van der Waals surface area contributed by atoms with Crippen LogP contribution in [0.4, 0.5) is 18.9 Å². The second-order valence-electron chi connectivity index (χ2n) is 12.0. The molecule has 3 aromatic carbocycles. The molecule has 1 aliphatic heterocycles. The molecule has 0 amide bonds.